The molecule has 4 nitrogen and oxygen atoms in total. The normalized spacial score (nSPS) is 12.2. The van der Waals surface area contributed by atoms with Crippen LogP contribution in [0.1, 0.15) is 6.42 Å². The number of hydrogen-bond acceptors (Lipinski definition) is 4. The minimum atomic E-state index is -0.885. The minimum absolute atomic E-state index is 0.0680. The van der Waals surface area contributed by atoms with Crippen LogP contribution in [0.3, 0.4) is 0 Å². The summed E-state index contributed by atoms with van der Waals surface area (Å²) in [6.45, 7) is -0.281. The third-order valence-electron chi connectivity index (χ3n) is 1.01. The van der Waals surface area contributed by atoms with Crippen molar-refractivity contribution in [1.82, 2.24) is 5.32 Å². The number of aliphatic hydroxyl groups excluding tert-OH is 2. The van der Waals surface area contributed by atoms with Crippen LogP contribution in [0, 0.1) is 0 Å². The summed E-state index contributed by atoms with van der Waals surface area (Å²) < 4.78 is 0. The van der Waals surface area contributed by atoms with E-state index >= 15 is 0 Å². The van der Waals surface area contributed by atoms with E-state index in [0.29, 0.717) is 0 Å². The molecule has 0 aliphatic heterocycles. The monoisotopic (exact) mass is 177 g/mol. The van der Waals surface area contributed by atoms with Crippen molar-refractivity contribution in [3.05, 3.63) is 0 Å². The second-order valence-electron chi connectivity index (χ2n) is 2.01. The number of carbonyl (C=O) groups excluding carboxylic acids is 1. The lowest BCUT2D eigenvalue weighted by molar-refractivity contribution is -0.120. The quantitative estimate of drug-likeness (QED) is 0.464. The highest BCUT2D eigenvalue weighted by molar-refractivity contribution is 7.79. The lowest BCUT2D eigenvalue weighted by Crippen LogP contribution is -2.33. The predicted molar refractivity (Wildman–Crippen MR) is 44.4 cm³/mol. The van der Waals surface area contributed by atoms with E-state index in [1.165, 1.54) is 5.37 Å². The van der Waals surface area contributed by atoms with Crippen molar-refractivity contribution in [1.29, 1.82) is 0 Å². The number of carbonyl (C=O) groups is 1. The van der Waals surface area contributed by atoms with E-state index in [1.54, 1.807) is 0 Å². The van der Waals surface area contributed by atoms with Gasteiger partial charge in [-0.25, -0.2) is 0 Å². The van der Waals surface area contributed by atoms with E-state index in [-0.39, 0.29) is 25.5 Å². The van der Waals surface area contributed by atoms with Gasteiger partial charge in [-0.1, -0.05) is 12.2 Å². The molecule has 0 aromatic carbocycles. The molecule has 3 N–H and O–H groups in total. The fourth-order valence-electron chi connectivity index (χ4n) is 0.444. The van der Waals surface area contributed by atoms with Gasteiger partial charge in [0.05, 0.1) is 19.1 Å². The maximum Gasteiger partial charge on any atom is 0.224 e. The fourth-order valence-corrected chi connectivity index (χ4v) is 0.595. The summed E-state index contributed by atoms with van der Waals surface area (Å²) in [6, 6.07) is 0. The lowest BCUT2D eigenvalue weighted by Gasteiger charge is -2.06. The molecule has 0 aromatic rings. The van der Waals surface area contributed by atoms with Crippen LogP contribution in [0.15, 0.2) is 0 Å². The molecule has 0 saturated heterocycles. The number of amides is 1. The Kier molecular flexibility index (Phi) is 5.91. The zero-order valence-corrected chi connectivity index (χ0v) is 6.80. The molecule has 0 spiro atoms. The number of rotatable bonds is 5. The highest BCUT2D eigenvalue weighted by atomic mass is 32.1. The molecule has 0 aromatic heterocycles. The van der Waals surface area contributed by atoms with Crippen LogP contribution >= 0.6 is 12.2 Å². The largest absolute Gasteiger partial charge is 0.394 e. The molecule has 11 heavy (non-hydrogen) atoms. The Bertz CT molecular complexity index is 140. The number of hydrogen-bond donors (Lipinski definition) is 3. The molecule has 0 fully saturated rings. The first kappa shape index (κ1) is 10.5. The van der Waals surface area contributed by atoms with Gasteiger partial charge in [-0.3, -0.25) is 4.79 Å². The maximum absolute atomic E-state index is 10.7. The van der Waals surface area contributed by atoms with Gasteiger partial charge in [0.25, 0.3) is 0 Å². The number of thiocarbonyl (C=S) groups is 1. The van der Waals surface area contributed by atoms with Crippen molar-refractivity contribution in [2.45, 2.75) is 12.5 Å². The summed E-state index contributed by atoms with van der Waals surface area (Å²) in [5.74, 6) is -0.243. The van der Waals surface area contributed by atoms with Gasteiger partial charge < -0.3 is 15.5 Å². The molecule has 1 unspecified atom stereocenters. The van der Waals surface area contributed by atoms with Crippen LogP contribution < -0.4 is 5.32 Å². The maximum atomic E-state index is 10.7. The molecular formula is C6H11NO3S. The molecule has 0 aliphatic rings. The zero-order chi connectivity index (χ0) is 8.69. The molecule has 1 atom stereocenters. The first-order chi connectivity index (χ1) is 5.20. The second-order valence-corrected chi connectivity index (χ2v) is 2.34. The van der Waals surface area contributed by atoms with Gasteiger partial charge in [0.1, 0.15) is 0 Å². The van der Waals surface area contributed by atoms with Crippen molar-refractivity contribution >= 4 is 23.5 Å². The summed E-state index contributed by atoms with van der Waals surface area (Å²) >= 11 is 4.44. The Morgan fingerprint density at radius 2 is 2.36 bits per heavy atom. The van der Waals surface area contributed by atoms with Crippen molar-refractivity contribution in [2.75, 3.05) is 13.2 Å². The summed E-state index contributed by atoms with van der Waals surface area (Å²) in [6.07, 6.45) is -0.725. The molecule has 5 heteroatoms. The minimum Gasteiger partial charge on any atom is -0.394 e. The van der Waals surface area contributed by atoms with Crippen molar-refractivity contribution < 1.29 is 15.0 Å². The Morgan fingerprint density at radius 3 is 2.82 bits per heavy atom. The second kappa shape index (κ2) is 6.21. The van der Waals surface area contributed by atoms with E-state index in [9.17, 15) is 4.79 Å². The third kappa shape index (κ3) is 5.90. The van der Waals surface area contributed by atoms with E-state index in [1.807, 2.05) is 0 Å². The summed E-state index contributed by atoms with van der Waals surface area (Å²) in [5.41, 5.74) is 0. The van der Waals surface area contributed by atoms with Crippen LogP contribution in [-0.2, 0) is 4.79 Å². The topological polar surface area (TPSA) is 69.6 Å². The summed E-state index contributed by atoms with van der Waals surface area (Å²) in [7, 11) is 0. The first-order valence-electron chi connectivity index (χ1n) is 3.20. The molecular weight excluding hydrogens is 166 g/mol. The number of nitrogens with one attached hydrogen (secondary N) is 1. The van der Waals surface area contributed by atoms with Gasteiger partial charge in [-0.2, -0.15) is 0 Å². The van der Waals surface area contributed by atoms with E-state index < -0.39 is 6.10 Å². The summed E-state index contributed by atoms with van der Waals surface area (Å²) in [5, 5.41) is 20.8. The van der Waals surface area contributed by atoms with Crippen LogP contribution in [-0.4, -0.2) is 40.7 Å². The predicted octanol–water partition coefficient (Wildman–Crippen LogP) is -1.15. The SMILES string of the molecule is O=C(CC=S)NCC(O)CO. The van der Waals surface area contributed by atoms with Gasteiger partial charge >= 0.3 is 0 Å². The van der Waals surface area contributed by atoms with Gasteiger partial charge in [-0.15, -0.1) is 0 Å². The van der Waals surface area contributed by atoms with E-state index in [0.717, 1.165) is 0 Å². The first-order valence-corrected chi connectivity index (χ1v) is 3.67. The highest BCUT2D eigenvalue weighted by Gasteiger charge is 2.03. The standard InChI is InChI=1S/C6H11NO3S/c8-4-5(9)3-7-6(10)1-2-11/h2,5,8-9H,1,3-4H2,(H,7,10). The number of aliphatic hydroxyl groups is 2. The summed E-state index contributed by atoms with van der Waals surface area (Å²) in [4.78, 5) is 10.7. The smallest absolute Gasteiger partial charge is 0.224 e. The zero-order valence-electron chi connectivity index (χ0n) is 5.99. The average Bonchev–Trinajstić information content (AvgIpc) is 2.01. The highest BCUT2D eigenvalue weighted by Crippen LogP contribution is 1.79. The van der Waals surface area contributed by atoms with Crippen LogP contribution in [0.25, 0.3) is 0 Å². The van der Waals surface area contributed by atoms with E-state index in [2.05, 4.69) is 17.5 Å². The van der Waals surface area contributed by atoms with E-state index in [4.69, 9.17) is 10.2 Å². The molecule has 0 heterocycles. The van der Waals surface area contributed by atoms with Gasteiger partial charge in [0.2, 0.25) is 5.91 Å². The van der Waals surface area contributed by atoms with Crippen molar-refractivity contribution in [3.8, 4) is 0 Å². The Morgan fingerprint density at radius 1 is 1.73 bits per heavy atom. The van der Waals surface area contributed by atoms with Gasteiger partial charge in [0, 0.05) is 6.54 Å². The molecule has 0 aliphatic carbocycles. The molecule has 0 rings (SSSR count). The molecule has 1 amide bonds. The molecule has 0 bridgehead atoms. The molecule has 0 radical (unpaired) electrons. The van der Waals surface area contributed by atoms with Gasteiger partial charge in [0.15, 0.2) is 0 Å². The van der Waals surface area contributed by atoms with Crippen molar-refractivity contribution in [2.24, 2.45) is 0 Å². The van der Waals surface area contributed by atoms with Crippen molar-refractivity contribution in [3.63, 3.8) is 0 Å². The van der Waals surface area contributed by atoms with Gasteiger partial charge in [-0.05, 0) is 5.37 Å². The van der Waals surface area contributed by atoms with Crippen LogP contribution in [0.5, 0.6) is 0 Å². The Balaban J connectivity index is 3.37. The third-order valence-corrected chi connectivity index (χ3v) is 1.18. The Hall–Kier alpha value is -0.520. The lowest BCUT2D eigenvalue weighted by atomic mass is 10.3. The molecule has 0 saturated carbocycles. The fraction of sp³-hybridized carbons (Fsp3) is 0.667. The van der Waals surface area contributed by atoms with Crippen LogP contribution in [0.2, 0.25) is 0 Å². The average molecular weight is 177 g/mol. The Labute approximate surface area is 70.2 Å². The van der Waals surface area contributed by atoms with Crippen LogP contribution in [0.4, 0.5) is 0 Å². The molecule has 64 valence electrons.